The molecular formula is C22H18ClN3OS2. The Balaban J connectivity index is 1.82. The number of carbonyl (C=O) groups excluding carboxylic acids is 1. The van der Waals surface area contributed by atoms with Crippen molar-refractivity contribution in [3.05, 3.63) is 82.6 Å². The van der Waals surface area contributed by atoms with Crippen LogP contribution in [0.15, 0.2) is 65.8 Å². The molecule has 2 heterocycles. The van der Waals surface area contributed by atoms with Crippen molar-refractivity contribution < 1.29 is 4.79 Å². The highest BCUT2D eigenvalue weighted by Crippen LogP contribution is 2.35. The van der Waals surface area contributed by atoms with Crippen molar-refractivity contribution in [2.45, 2.75) is 18.4 Å². The maximum atomic E-state index is 13.6. The zero-order chi connectivity index (χ0) is 20.4. The molecule has 0 radical (unpaired) electrons. The van der Waals surface area contributed by atoms with Crippen molar-refractivity contribution in [3.8, 4) is 0 Å². The first-order valence-electron chi connectivity index (χ1n) is 8.97. The second-order valence-electron chi connectivity index (χ2n) is 6.52. The molecule has 1 amide bonds. The van der Waals surface area contributed by atoms with Crippen LogP contribution >= 0.6 is 34.7 Å². The number of aryl methyl sites for hydroxylation is 1. The van der Waals surface area contributed by atoms with E-state index in [2.05, 4.69) is 4.98 Å². The number of carbonyl (C=O) groups is 1. The lowest BCUT2D eigenvalue weighted by atomic mass is 10.2. The van der Waals surface area contributed by atoms with Gasteiger partial charge in [-0.05, 0) is 54.6 Å². The Labute approximate surface area is 182 Å². The van der Waals surface area contributed by atoms with E-state index in [1.807, 2.05) is 61.7 Å². The predicted octanol–water partition coefficient (Wildman–Crippen LogP) is 6.22. The van der Waals surface area contributed by atoms with Crippen LogP contribution in [0.1, 0.15) is 21.5 Å². The van der Waals surface area contributed by atoms with Gasteiger partial charge in [0.05, 0.1) is 22.3 Å². The lowest BCUT2D eigenvalue weighted by molar-refractivity contribution is 0.0982. The normalized spacial score (nSPS) is 11.0. The predicted molar refractivity (Wildman–Crippen MR) is 122 cm³/mol. The van der Waals surface area contributed by atoms with Gasteiger partial charge in [0.25, 0.3) is 5.91 Å². The summed E-state index contributed by atoms with van der Waals surface area (Å²) in [5, 5.41) is 1.32. The maximum Gasteiger partial charge on any atom is 0.261 e. The quantitative estimate of drug-likeness (QED) is 0.346. The first-order valence-corrected chi connectivity index (χ1v) is 11.4. The van der Waals surface area contributed by atoms with Gasteiger partial charge in [-0.3, -0.25) is 14.7 Å². The summed E-state index contributed by atoms with van der Waals surface area (Å²) in [7, 11) is 0. The van der Waals surface area contributed by atoms with Gasteiger partial charge in [-0.15, -0.1) is 11.8 Å². The number of thiazole rings is 1. The summed E-state index contributed by atoms with van der Waals surface area (Å²) in [6, 6.07) is 15.3. The number of anilines is 1. The molecule has 0 N–H and O–H groups in total. The number of benzene rings is 2. The van der Waals surface area contributed by atoms with Gasteiger partial charge in [-0.25, -0.2) is 4.98 Å². The molecule has 0 unspecified atom stereocenters. The number of amides is 1. The summed E-state index contributed by atoms with van der Waals surface area (Å²) < 4.78 is 0.965. The Morgan fingerprint density at radius 3 is 2.79 bits per heavy atom. The average Bonchev–Trinajstić information content (AvgIpc) is 3.16. The van der Waals surface area contributed by atoms with E-state index in [0.717, 1.165) is 26.2 Å². The number of aromatic nitrogens is 2. The van der Waals surface area contributed by atoms with Crippen LogP contribution in [0.5, 0.6) is 0 Å². The monoisotopic (exact) mass is 439 g/mol. The van der Waals surface area contributed by atoms with Crippen LogP contribution in [0, 0.1) is 6.92 Å². The molecule has 4 rings (SSSR count). The highest BCUT2D eigenvalue weighted by Gasteiger charge is 2.24. The molecule has 0 bridgehead atoms. The van der Waals surface area contributed by atoms with E-state index in [-0.39, 0.29) is 5.91 Å². The number of hydrogen-bond donors (Lipinski definition) is 0. The molecule has 0 spiro atoms. The third kappa shape index (κ3) is 4.15. The fourth-order valence-electron chi connectivity index (χ4n) is 3.13. The molecule has 0 aliphatic carbocycles. The molecule has 2 aromatic carbocycles. The van der Waals surface area contributed by atoms with Gasteiger partial charge >= 0.3 is 0 Å². The lowest BCUT2D eigenvalue weighted by Gasteiger charge is -2.21. The minimum Gasteiger partial charge on any atom is -0.279 e. The van der Waals surface area contributed by atoms with Crippen molar-refractivity contribution in [3.63, 3.8) is 0 Å². The van der Waals surface area contributed by atoms with E-state index < -0.39 is 0 Å². The first-order chi connectivity index (χ1) is 14.1. The highest BCUT2D eigenvalue weighted by molar-refractivity contribution is 7.98. The molecule has 0 aliphatic heterocycles. The average molecular weight is 440 g/mol. The van der Waals surface area contributed by atoms with Crippen LogP contribution in [-0.2, 0) is 6.54 Å². The summed E-state index contributed by atoms with van der Waals surface area (Å²) in [5.74, 6) is -0.0818. The molecule has 0 aliphatic rings. The van der Waals surface area contributed by atoms with Crippen molar-refractivity contribution in [2.75, 3.05) is 11.2 Å². The summed E-state index contributed by atoms with van der Waals surface area (Å²) in [6.07, 6.45) is 5.47. The zero-order valence-corrected chi connectivity index (χ0v) is 18.3. The van der Waals surface area contributed by atoms with E-state index in [0.29, 0.717) is 22.3 Å². The molecule has 0 saturated carbocycles. The van der Waals surface area contributed by atoms with Gasteiger partial charge in [0.2, 0.25) is 0 Å². The number of hydrogen-bond acceptors (Lipinski definition) is 5. The Morgan fingerprint density at radius 2 is 2.03 bits per heavy atom. The van der Waals surface area contributed by atoms with Crippen LogP contribution in [0.4, 0.5) is 5.13 Å². The number of rotatable bonds is 5. The largest absolute Gasteiger partial charge is 0.279 e. The lowest BCUT2D eigenvalue weighted by Crippen LogP contribution is -2.30. The van der Waals surface area contributed by atoms with E-state index in [4.69, 9.17) is 16.6 Å². The second-order valence-corrected chi connectivity index (χ2v) is 8.81. The molecule has 4 nitrogen and oxygen atoms in total. The minimum absolute atomic E-state index is 0.0818. The van der Waals surface area contributed by atoms with Crippen molar-refractivity contribution in [1.82, 2.24) is 9.97 Å². The fraction of sp³-hybridized carbons (Fsp3) is 0.136. The number of pyridine rings is 1. The second kappa shape index (κ2) is 8.53. The van der Waals surface area contributed by atoms with Crippen LogP contribution in [-0.4, -0.2) is 22.1 Å². The molecule has 7 heteroatoms. The van der Waals surface area contributed by atoms with Gasteiger partial charge < -0.3 is 0 Å². The SMILES string of the molecule is CSc1ccccc1C(=O)N(Cc1cccnc1)c1nc2c(C)cc(Cl)cc2s1. The molecule has 146 valence electrons. The Kier molecular flexibility index (Phi) is 5.85. The van der Waals surface area contributed by atoms with Gasteiger partial charge in [0, 0.05) is 22.3 Å². The van der Waals surface area contributed by atoms with Gasteiger partial charge in [-0.1, -0.05) is 41.1 Å². The number of fused-ring (bicyclic) bond motifs is 1. The Morgan fingerprint density at radius 1 is 1.21 bits per heavy atom. The summed E-state index contributed by atoms with van der Waals surface area (Å²) in [6.45, 7) is 2.37. The zero-order valence-electron chi connectivity index (χ0n) is 15.9. The Bertz CT molecular complexity index is 1180. The molecule has 0 atom stereocenters. The highest BCUT2D eigenvalue weighted by atomic mass is 35.5. The smallest absolute Gasteiger partial charge is 0.261 e. The first kappa shape index (κ1) is 19.9. The fourth-order valence-corrected chi connectivity index (χ4v) is 5.13. The number of thioether (sulfide) groups is 1. The number of nitrogens with zero attached hydrogens (tertiary/aromatic N) is 3. The Hall–Kier alpha value is -2.41. The topological polar surface area (TPSA) is 46.1 Å². The summed E-state index contributed by atoms with van der Waals surface area (Å²) >= 11 is 9.26. The van der Waals surface area contributed by atoms with Crippen molar-refractivity contribution in [1.29, 1.82) is 0 Å². The van der Waals surface area contributed by atoms with E-state index in [1.54, 1.807) is 29.1 Å². The third-order valence-electron chi connectivity index (χ3n) is 4.52. The van der Waals surface area contributed by atoms with Gasteiger partial charge in [0.1, 0.15) is 0 Å². The van der Waals surface area contributed by atoms with E-state index >= 15 is 0 Å². The molecule has 2 aromatic heterocycles. The van der Waals surface area contributed by atoms with Gasteiger partial charge in [0.15, 0.2) is 5.13 Å². The van der Waals surface area contributed by atoms with Crippen LogP contribution in [0.25, 0.3) is 10.2 Å². The standard InChI is InChI=1S/C22H18ClN3OS2/c1-14-10-16(23)11-19-20(14)25-22(29-19)26(13-15-6-5-9-24-12-15)21(27)17-7-3-4-8-18(17)28-2/h3-12H,13H2,1-2H3. The minimum atomic E-state index is -0.0818. The molecule has 29 heavy (non-hydrogen) atoms. The van der Waals surface area contributed by atoms with Crippen LogP contribution in [0.2, 0.25) is 5.02 Å². The summed E-state index contributed by atoms with van der Waals surface area (Å²) in [5.41, 5.74) is 3.47. The van der Waals surface area contributed by atoms with Crippen LogP contribution < -0.4 is 4.90 Å². The molecular weight excluding hydrogens is 422 g/mol. The van der Waals surface area contributed by atoms with E-state index in [1.165, 1.54) is 11.3 Å². The maximum absolute atomic E-state index is 13.6. The molecule has 0 saturated heterocycles. The number of halogens is 1. The van der Waals surface area contributed by atoms with Gasteiger partial charge in [-0.2, -0.15) is 0 Å². The summed E-state index contributed by atoms with van der Waals surface area (Å²) in [4.78, 5) is 25.2. The van der Waals surface area contributed by atoms with Crippen molar-refractivity contribution >= 4 is 56.0 Å². The van der Waals surface area contributed by atoms with E-state index in [9.17, 15) is 4.79 Å². The molecule has 4 aromatic rings. The third-order valence-corrected chi connectivity index (χ3v) is 6.56. The van der Waals surface area contributed by atoms with Crippen LogP contribution in [0.3, 0.4) is 0 Å². The van der Waals surface area contributed by atoms with Crippen molar-refractivity contribution in [2.24, 2.45) is 0 Å². The molecule has 0 fully saturated rings.